The molecule has 7 heteroatoms. The molecule has 174 valence electrons. The van der Waals surface area contributed by atoms with E-state index in [1.54, 1.807) is 47.6 Å². The van der Waals surface area contributed by atoms with Crippen LogP contribution in [0.15, 0.2) is 66.0 Å². The summed E-state index contributed by atoms with van der Waals surface area (Å²) in [6, 6.07) is 18.7. The molecule has 0 N–H and O–H groups in total. The van der Waals surface area contributed by atoms with E-state index in [2.05, 4.69) is 13.0 Å². The third kappa shape index (κ3) is 7.42. The highest BCUT2D eigenvalue weighted by molar-refractivity contribution is 7.10. The molecule has 0 atom stereocenters. The third-order valence-corrected chi connectivity index (χ3v) is 6.61. The number of thiophene rings is 1. The molecular weight excluding hydrogens is 456 g/mol. The van der Waals surface area contributed by atoms with Gasteiger partial charge in [-0.2, -0.15) is 0 Å². The van der Waals surface area contributed by atoms with Crippen LogP contribution in [0.5, 0.6) is 0 Å². The molecule has 2 amide bonds. The Morgan fingerprint density at radius 1 is 0.970 bits per heavy atom. The summed E-state index contributed by atoms with van der Waals surface area (Å²) in [5.41, 5.74) is 2.73. The highest BCUT2D eigenvalue weighted by atomic mass is 35.5. The number of carbonyl (C=O) groups excluding carboxylic acids is 2. The quantitative estimate of drug-likeness (QED) is 0.341. The van der Waals surface area contributed by atoms with Crippen molar-refractivity contribution in [2.75, 3.05) is 26.8 Å². The molecule has 2 aromatic carbocycles. The largest absolute Gasteiger partial charge is 0.385 e. The molecule has 5 nitrogen and oxygen atoms in total. The van der Waals surface area contributed by atoms with Gasteiger partial charge in [0.05, 0.1) is 6.54 Å². The molecule has 0 bridgehead atoms. The molecule has 0 aliphatic carbocycles. The third-order valence-electron chi connectivity index (χ3n) is 5.35. The minimum Gasteiger partial charge on any atom is -0.385 e. The Labute approximate surface area is 204 Å². The molecule has 0 saturated heterocycles. The Kier molecular flexibility index (Phi) is 9.48. The van der Waals surface area contributed by atoms with Gasteiger partial charge in [-0.3, -0.25) is 9.59 Å². The Morgan fingerprint density at radius 3 is 2.33 bits per heavy atom. The van der Waals surface area contributed by atoms with E-state index in [9.17, 15) is 9.59 Å². The maximum absolute atomic E-state index is 13.5. The molecule has 0 spiro atoms. The Bertz CT molecular complexity index is 1040. The van der Waals surface area contributed by atoms with E-state index < -0.39 is 0 Å². The van der Waals surface area contributed by atoms with Gasteiger partial charge in [-0.1, -0.05) is 41.9 Å². The van der Waals surface area contributed by atoms with Crippen LogP contribution in [0, 0.1) is 6.92 Å². The van der Waals surface area contributed by atoms with Crippen LogP contribution in [0.25, 0.3) is 0 Å². The van der Waals surface area contributed by atoms with Crippen molar-refractivity contribution in [3.63, 3.8) is 0 Å². The maximum Gasteiger partial charge on any atom is 0.254 e. The molecule has 0 fully saturated rings. The van der Waals surface area contributed by atoms with Gasteiger partial charge >= 0.3 is 0 Å². The molecule has 0 saturated carbocycles. The predicted molar refractivity (Wildman–Crippen MR) is 134 cm³/mol. The van der Waals surface area contributed by atoms with Crippen LogP contribution in [-0.2, 0) is 22.6 Å². The topological polar surface area (TPSA) is 49.9 Å². The molecule has 0 unspecified atom stereocenters. The number of amides is 2. The van der Waals surface area contributed by atoms with Crippen LogP contribution >= 0.6 is 22.9 Å². The number of carbonyl (C=O) groups is 2. The molecule has 1 heterocycles. The first kappa shape index (κ1) is 25.0. The average molecular weight is 485 g/mol. The summed E-state index contributed by atoms with van der Waals surface area (Å²) in [5, 5.41) is 2.60. The number of nitrogens with zero attached hydrogens (tertiary/aromatic N) is 2. The minimum absolute atomic E-state index is 0.00241. The second kappa shape index (κ2) is 12.5. The minimum atomic E-state index is -0.192. The Morgan fingerprint density at radius 2 is 1.70 bits per heavy atom. The number of aryl methyl sites for hydroxylation is 1. The lowest BCUT2D eigenvalue weighted by atomic mass is 10.1. The van der Waals surface area contributed by atoms with Gasteiger partial charge in [0.25, 0.3) is 5.91 Å². The van der Waals surface area contributed by atoms with E-state index in [4.69, 9.17) is 16.3 Å². The lowest BCUT2D eigenvalue weighted by molar-refractivity contribution is -0.133. The predicted octanol–water partition coefficient (Wildman–Crippen LogP) is 5.42. The Balaban J connectivity index is 1.80. The van der Waals surface area contributed by atoms with Gasteiger partial charge in [-0.25, -0.2) is 0 Å². The van der Waals surface area contributed by atoms with Gasteiger partial charge in [0.15, 0.2) is 0 Å². The molecule has 0 radical (unpaired) electrons. The number of benzene rings is 2. The second-order valence-corrected chi connectivity index (χ2v) is 9.28. The summed E-state index contributed by atoms with van der Waals surface area (Å²) in [4.78, 5) is 31.3. The van der Waals surface area contributed by atoms with Crippen LogP contribution in [0.1, 0.15) is 32.8 Å². The highest BCUT2D eigenvalue weighted by Crippen LogP contribution is 2.20. The van der Waals surface area contributed by atoms with Gasteiger partial charge in [0.2, 0.25) is 5.91 Å². The van der Waals surface area contributed by atoms with E-state index in [0.717, 1.165) is 10.4 Å². The number of methoxy groups -OCH3 is 1. The van der Waals surface area contributed by atoms with Crippen molar-refractivity contribution >= 4 is 34.8 Å². The SMILES string of the molecule is COCCCN(CC(=O)N(Cc1ccccc1)Cc1sccc1C)C(=O)c1ccc(Cl)cc1. The van der Waals surface area contributed by atoms with Crippen LogP contribution in [-0.4, -0.2) is 48.4 Å². The average Bonchev–Trinajstić information content (AvgIpc) is 3.23. The van der Waals surface area contributed by atoms with Crippen molar-refractivity contribution in [1.29, 1.82) is 0 Å². The molecular formula is C26H29ClN2O3S. The lowest BCUT2D eigenvalue weighted by Gasteiger charge is -2.28. The normalized spacial score (nSPS) is 10.8. The van der Waals surface area contributed by atoms with Crippen molar-refractivity contribution in [2.45, 2.75) is 26.4 Å². The first-order chi connectivity index (χ1) is 16.0. The summed E-state index contributed by atoms with van der Waals surface area (Å²) < 4.78 is 5.16. The summed E-state index contributed by atoms with van der Waals surface area (Å²) in [5.74, 6) is -0.283. The maximum atomic E-state index is 13.5. The second-order valence-electron chi connectivity index (χ2n) is 7.84. The van der Waals surface area contributed by atoms with Gasteiger partial charge in [-0.15, -0.1) is 11.3 Å². The van der Waals surface area contributed by atoms with E-state index in [1.165, 1.54) is 5.56 Å². The summed E-state index contributed by atoms with van der Waals surface area (Å²) in [6.45, 7) is 4.00. The van der Waals surface area contributed by atoms with Gasteiger partial charge < -0.3 is 14.5 Å². The van der Waals surface area contributed by atoms with Crippen LogP contribution in [0.3, 0.4) is 0 Å². The summed E-state index contributed by atoms with van der Waals surface area (Å²) in [7, 11) is 1.63. The first-order valence-corrected chi connectivity index (χ1v) is 12.1. The zero-order valence-corrected chi connectivity index (χ0v) is 20.6. The number of rotatable bonds is 11. The fourth-order valence-corrected chi connectivity index (χ4v) is 4.51. The fraction of sp³-hybridized carbons (Fsp3) is 0.308. The van der Waals surface area contributed by atoms with Crippen LogP contribution in [0.4, 0.5) is 0 Å². The van der Waals surface area contributed by atoms with E-state index in [0.29, 0.717) is 43.2 Å². The molecule has 3 rings (SSSR count). The number of halogens is 1. The van der Waals surface area contributed by atoms with Crippen molar-refractivity contribution in [2.24, 2.45) is 0 Å². The molecule has 0 aliphatic heterocycles. The first-order valence-electron chi connectivity index (χ1n) is 10.9. The highest BCUT2D eigenvalue weighted by Gasteiger charge is 2.23. The van der Waals surface area contributed by atoms with Crippen molar-refractivity contribution in [1.82, 2.24) is 9.80 Å². The van der Waals surface area contributed by atoms with Crippen molar-refractivity contribution in [3.8, 4) is 0 Å². The van der Waals surface area contributed by atoms with E-state index in [-0.39, 0.29) is 18.4 Å². The zero-order valence-electron chi connectivity index (χ0n) is 19.0. The monoisotopic (exact) mass is 484 g/mol. The smallest absolute Gasteiger partial charge is 0.254 e. The van der Waals surface area contributed by atoms with Crippen molar-refractivity contribution < 1.29 is 14.3 Å². The fourth-order valence-electron chi connectivity index (χ4n) is 3.47. The van der Waals surface area contributed by atoms with E-state index >= 15 is 0 Å². The standard InChI is InChI=1S/C26H29ClN2O3S/c1-20-13-16-33-24(20)18-29(17-21-7-4-3-5-8-21)25(30)19-28(14-6-15-32-2)26(31)22-9-11-23(27)12-10-22/h3-5,7-13,16H,6,14-15,17-19H2,1-2H3. The summed E-state index contributed by atoms with van der Waals surface area (Å²) >= 11 is 7.62. The zero-order chi connectivity index (χ0) is 23.6. The number of hydrogen-bond acceptors (Lipinski definition) is 4. The molecule has 0 aliphatic rings. The molecule has 33 heavy (non-hydrogen) atoms. The van der Waals surface area contributed by atoms with Crippen LogP contribution < -0.4 is 0 Å². The summed E-state index contributed by atoms with van der Waals surface area (Å²) in [6.07, 6.45) is 0.645. The van der Waals surface area contributed by atoms with Gasteiger partial charge in [0, 0.05) is 42.3 Å². The number of hydrogen-bond donors (Lipinski definition) is 0. The van der Waals surface area contributed by atoms with Gasteiger partial charge in [0.1, 0.15) is 6.54 Å². The number of ether oxygens (including phenoxy) is 1. The van der Waals surface area contributed by atoms with E-state index in [1.807, 2.05) is 40.6 Å². The van der Waals surface area contributed by atoms with Gasteiger partial charge in [-0.05, 0) is 60.2 Å². The lowest BCUT2D eigenvalue weighted by Crippen LogP contribution is -2.43. The van der Waals surface area contributed by atoms with Crippen LogP contribution in [0.2, 0.25) is 5.02 Å². The Hall–Kier alpha value is -2.67. The molecule has 1 aromatic heterocycles. The van der Waals surface area contributed by atoms with Crippen molar-refractivity contribution in [3.05, 3.63) is 92.6 Å². The molecule has 3 aromatic rings.